The molecule has 1 saturated carbocycles. The lowest BCUT2D eigenvalue weighted by Crippen LogP contribution is -2.28. The van der Waals surface area contributed by atoms with E-state index in [1.165, 1.54) is 45.2 Å². The number of likely N-dealkylation sites (N-methyl/N-ethyl adjacent to an activating group) is 1. The monoisotopic (exact) mass is 621 g/mol. The lowest BCUT2D eigenvalue weighted by Gasteiger charge is -2.16. The molecule has 0 atom stereocenters. The number of ketones is 1. The first-order valence-electron chi connectivity index (χ1n) is 16.6. The Kier molecular flexibility index (Phi) is 8.99. The number of aryl methyl sites for hydroxylation is 3. The van der Waals surface area contributed by atoms with E-state index in [1.54, 1.807) is 0 Å². The molecule has 238 valence electrons. The van der Waals surface area contributed by atoms with Crippen LogP contribution < -0.4 is 16.0 Å². The molecule has 1 amide bonds. The summed E-state index contributed by atoms with van der Waals surface area (Å²) in [6.45, 7) is 13.1. The number of aromatic nitrogens is 1. The number of fused-ring (bicyclic) bond motifs is 1. The topological polar surface area (TPSA) is 74.0 Å². The Morgan fingerprint density at radius 3 is 2.04 bits per heavy atom. The highest BCUT2D eigenvalue weighted by Gasteiger charge is 2.28. The molecule has 4 aromatic carbocycles. The summed E-state index contributed by atoms with van der Waals surface area (Å²) in [5.74, 6) is -0.566. The smallest absolute Gasteiger partial charge is 0.255 e. The van der Waals surface area contributed by atoms with Crippen molar-refractivity contribution in [3.63, 3.8) is 0 Å². The highest BCUT2D eigenvalue weighted by molar-refractivity contribution is 6.20. The molecule has 0 unspecified atom stereocenters. The molecule has 1 heterocycles. The fraction of sp³-hybridized carbons (Fsp3) is 0.238. The van der Waals surface area contributed by atoms with Crippen molar-refractivity contribution in [3.05, 3.63) is 129 Å². The van der Waals surface area contributed by atoms with E-state index in [9.17, 15) is 9.59 Å². The zero-order valence-electron chi connectivity index (χ0n) is 28.2. The molecule has 1 aliphatic rings. The SMILES string of the molecule is CCNC(=O)\C(C(C)=O)=C1C(=C/C=c2/[nH]c3ccc(C)c4cccc2c34)CCC/1=C\C=C(\NCC)c1cccc2c(C)ccc(C)c12. The number of hydrogen-bond acceptors (Lipinski definition) is 3. The minimum Gasteiger partial charge on any atom is -0.385 e. The summed E-state index contributed by atoms with van der Waals surface area (Å²) >= 11 is 0. The van der Waals surface area contributed by atoms with Gasteiger partial charge in [-0.15, -0.1) is 0 Å². The second-order valence-electron chi connectivity index (χ2n) is 12.5. The van der Waals surface area contributed by atoms with Gasteiger partial charge < -0.3 is 15.6 Å². The summed E-state index contributed by atoms with van der Waals surface area (Å²) in [7, 11) is 0. The summed E-state index contributed by atoms with van der Waals surface area (Å²) in [6, 6.07) is 21.5. The molecule has 5 heteroatoms. The molecule has 1 aromatic heterocycles. The van der Waals surface area contributed by atoms with E-state index in [-0.39, 0.29) is 17.3 Å². The van der Waals surface area contributed by atoms with Gasteiger partial charge >= 0.3 is 0 Å². The number of H-pyrrole nitrogens is 1. The minimum absolute atomic E-state index is 0.218. The predicted octanol–water partition coefficient (Wildman–Crippen LogP) is 8.22. The highest BCUT2D eigenvalue weighted by atomic mass is 16.2. The number of aromatic amines is 1. The maximum Gasteiger partial charge on any atom is 0.255 e. The molecular formula is C42H43N3O2. The van der Waals surface area contributed by atoms with Crippen molar-refractivity contribution >= 4 is 55.9 Å². The van der Waals surface area contributed by atoms with Gasteiger partial charge in [-0.05, 0) is 122 Å². The van der Waals surface area contributed by atoms with Crippen LogP contribution in [0.4, 0.5) is 0 Å². The number of hydrogen-bond donors (Lipinski definition) is 3. The van der Waals surface area contributed by atoms with Gasteiger partial charge in [0, 0.05) is 46.0 Å². The average molecular weight is 622 g/mol. The predicted molar refractivity (Wildman–Crippen MR) is 197 cm³/mol. The van der Waals surface area contributed by atoms with Gasteiger partial charge in [0.15, 0.2) is 5.78 Å². The number of Topliss-reactive ketones (excluding diaryl/α,β-unsaturated/α-hetero) is 1. The third kappa shape index (κ3) is 5.94. The lowest BCUT2D eigenvalue weighted by atomic mass is 9.93. The van der Waals surface area contributed by atoms with Gasteiger partial charge in [0.2, 0.25) is 0 Å². The van der Waals surface area contributed by atoms with E-state index in [4.69, 9.17) is 0 Å². The summed E-state index contributed by atoms with van der Waals surface area (Å²) in [4.78, 5) is 30.2. The van der Waals surface area contributed by atoms with Crippen LogP contribution in [0.15, 0.2) is 101 Å². The van der Waals surface area contributed by atoms with Crippen molar-refractivity contribution in [1.82, 2.24) is 15.6 Å². The Morgan fingerprint density at radius 1 is 0.723 bits per heavy atom. The van der Waals surface area contributed by atoms with Gasteiger partial charge in [0.25, 0.3) is 5.91 Å². The van der Waals surface area contributed by atoms with E-state index in [0.717, 1.165) is 63.6 Å². The van der Waals surface area contributed by atoms with Gasteiger partial charge in [-0.25, -0.2) is 0 Å². The molecule has 0 spiro atoms. The molecule has 47 heavy (non-hydrogen) atoms. The van der Waals surface area contributed by atoms with Crippen LogP contribution in [0.25, 0.3) is 44.2 Å². The molecule has 0 bridgehead atoms. The summed E-state index contributed by atoms with van der Waals surface area (Å²) < 4.78 is 0. The van der Waals surface area contributed by atoms with Crippen LogP contribution in [0.3, 0.4) is 0 Å². The molecule has 3 N–H and O–H groups in total. The third-order valence-corrected chi connectivity index (χ3v) is 9.32. The molecule has 0 aliphatic heterocycles. The molecule has 5 nitrogen and oxygen atoms in total. The molecule has 1 fully saturated rings. The van der Waals surface area contributed by atoms with E-state index in [0.29, 0.717) is 6.54 Å². The molecule has 0 radical (unpaired) electrons. The first kappa shape index (κ1) is 31.8. The summed E-state index contributed by atoms with van der Waals surface area (Å²) in [5.41, 5.74) is 9.88. The standard InChI is InChI=1S/C42H43N3O2/c1-7-43-35(33-13-9-11-31-25(3)15-16-27(5)38(31)33)23-20-29-18-19-30(40(29)39(28(6)46)42(47)44-8-2)21-24-36-34-14-10-12-32-26(4)17-22-37(45-36)41(32)34/h9-17,20-24,43,45H,7-8,18-19H2,1-6H3,(H,44,47)/b29-20+,30-21?,35-23+,36-24+,40-39-. The van der Waals surface area contributed by atoms with Crippen LogP contribution >= 0.6 is 0 Å². The number of benzene rings is 4. The van der Waals surface area contributed by atoms with Crippen molar-refractivity contribution in [2.24, 2.45) is 0 Å². The van der Waals surface area contributed by atoms with E-state index in [1.807, 2.05) is 6.92 Å². The van der Waals surface area contributed by atoms with Crippen molar-refractivity contribution in [2.45, 2.75) is 54.4 Å². The van der Waals surface area contributed by atoms with Gasteiger partial charge in [0.1, 0.15) is 0 Å². The van der Waals surface area contributed by atoms with Gasteiger partial charge in [-0.2, -0.15) is 0 Å². The quantitative estimate of drug-likeness (QED) is 0.0929. The van der Waals surface area contributed by atoms with Crippen LogP contribution in [0, 0.1) is 20.8 Å². The van der Waals surface area contributed by atoms with E-state index < -0.39 is 0 Å². The molecule has 1 aliphatic carbocycles. The third-order valence-electron chi connectivity index (χ3n) is 9.32. The Bertz CT molecular complexity index is 2240. The van der Waals surface area contributed by atoms with Crippen molar-refractivity contribution in [3.8, 4) is 0 Å². The normalized spacial score (nSPS) is 17.1. The zero-order chi connectivity index (χ0) is 33.2. The molecular weight excluding hydrogens is 578 g/mol. The highest BCUT2D eigenvalue weighted by Crippen LogP contribution is 2.39. The van der Waals surface area contributed by atoms with E-state index in [2.05, 4.69) is 128 Å². The maximum absolute atomic E-state index is 13.4. The maximum atomic E-state index is 13.4. The van der Waals surface area contributed by atoms with Gasteiger partial charge in [0.05, 0.1) is 5.57 Å². The summed E-state index contributed by atoms with van der Waals surface area (Å²) in [5, 5.41) is 13.6. The zero-order valence-corrected chi connectivity index (χ0v) is 28.2. The largest absolute Gasteiger partial charge is 0.385 e. The fourth-order valence-electron chi connectivity index (χ4n) is 7.06. The van der Waals surface area contributed by atoms with Crippen LogP contribution in [0.2, 0.25) is 0 Å². The first-order chi connectivity index (χ1) is 22.7. The first-order valence-corrected chi connectivity index (χ1v) is 16.6. The van der Waals surface area contributed by atoms with Crippen LogP contribution in [0.5, 0.6) is 0 Å². The van der Waals surface area contributed by atoms with E-state index >= 15 is 0 Å². The average Bonchev–Trinajstić information content (AvgIpc) is 3.63. The number of carbonyl (C=O) groups is 2. The number of nitrogens with one attached hydrogen (secondary N) is 3. The van der Waals surface area contributed by atoms with Crippen LogP contribution in [0.1, 0.15) is 55.9 Å². The Balaban J connectivity index is 1.52. The van der Waals surface area contributed by atoms with Crippen LogP contribution in [-0.4, -0.2) is 29.8 Å². The van der Waals surface area contributed by atoms with Crippen molar-refractivity contribution in [2.75, 3.05) is 13.1 Å². The Labute approximate surface area is 276 Å². The van der Waals surface area contributed by atoms with Gasteiger partial charge in [-0.3, -0.25) is 9.59 Å². The number of amides is 1. The van der Waals surface area contributed by atoms with Gasteiger partial charge in [-0.1, -0.05) is 66.7 Å². The van der Waals surface area contributed by atoms with Crippen molar-refractivity contribution < 1.29 is 9.59 Å². The fourth-order valence-corrected chi connectivity index (χ4v) is 7.06. The second-order valence-corrected chi connectivity index (χ2v) is 12.5. The number of rotatable bonds is 8. The van der Waals surface area contributed by atoms with Crippen LogP contribution in [-0.2, 0) is 9.59 Å². The second kappa shape index (κ2) is 13.3. The summed E-state index contributed by atoms with van der Waals surface area (Å²) in [6.07, 6.45) is 9.86. The Hall–Kier alpha value is -5.16. The lowest BCUT2D eigenvalue weighted by molar-refractivity contribution is -0.121. The molecule has 6 rings (SSSR count). The molecule has 0 saturated heterocycles. The van der Waals surface area contributed by atoms with Crippen molar-refractivity contribution in [1.29, 1.82) is 0 Å². The Morgan fingerprint density at radius 2 is 1.34 bits per heavy atom. The number of allylic oxidation sites excluding steroid dienone is 6. The minimum atomic E-state index is -0.330. The molecule has 5 aromatic rings. The number of carbonyl (C=O) groups excluding carboxylic acids is 2.